The van der Waals surface area contributed by atoms with Gasteiger partial charge in [-0.05, 0) is 18.1 Å². The molecule has 1 aromatic carbocycles. The number of aliphatic hydroxyl groups is 1. The normalized spacial score (nSPS) is 24.0. The van der Waals surface area contributed by atoms with E-state index >= 15 is 0 Å². The molecule has 1 aromatic heterocycles. The first-order valence-corrected chi connectivity index (χ1v) is 8.37. The van der Waals surface area contributed by atoms with Crippen molar-refractivity contribution in [2.75, 3.05) is 12.3 Å². The molecule has 23 heavy (non-hydrogen) atoms. The first-order chi connectivity index (χ1) is 11.1. The minimum Gasteiger partial charge on any atom is -0.390 e. The Hall–Kier alpha value is -1.83. The number of aliphatic hydroxyl groups excluding tert-OH is 1. The van der Waals surface area contributed by atoms with Gasteiger partial charge in [0, 0.05) is 11.4 Å². The van der Waals surface area contributed by atoms with Gasteiger partial charge in [-0.25, -0.2) is 4.79 Å². The highest BCUT2D eigenvalue weighted by molar-refractivity contribution is 8.00. The lowest BCUT2D eigenvalue weighted by Gasteiger charge is -2.16. The van der Waals surface area contributed by atoms with Crippen LogP contribution in [0.25, 0.3) is 0 Å². The van der Waals surface area contributed by atoms with Crippen LogP contribution in [0.2, 0.25) is 0 Å². The zero-order chi connectivity index (χ0) is 16.2. The van der Waals surface area contributed by atoms with E-state index in [0.717, 1.165) is 5.56 Å². The molecule has 2 aromatic rings. The molecule has 0 radical (unpaired) electrons. The minimum atomic E-state index is -0.603. The number of thioether (sulfide) groups is 1. The minimum absolute atomic E-state index is 0.142. The lowest BCUT2D eigenvalue weighted by molar-refractivity contribution is 0.103. The third kappa shape index (κ3) is 3.93. The average molecular weight is 333 g/mol. The molecule has 7 heteroatoms. The monoisotopic (exact) mass is 333 g/mol. The molecule has 3 rings (SSSR count). The van der Waals surface area contributed by atoms with Gasteiger partial charge in [0.15, 0.2) is 0 Å². The number of rotatable bonds is 5. The molecule has 122 valence electrons. The van der Waals surface area contributed by atoms with Crippen LogP contribution in [0, 0.1) is 0 Å². The number of nitrogens with zero attached hydrogens (tertiary/aromatic N) is 2. The van der Waals surface area contributed by atoms with Gasteiger partial charge in [-0.1, -0.05) is 30.3 Å². The highest BCUT2D eigenvalue weighted by Gasteiger charge is 2.35. The second kappa shape index (κ2) is 7.16. The van der Waals surface area contributed by atoms with Crippen LogP contribution in [0.3, 0.4) is 0 Å². The largest absolute Gasteiger partial charge is 0.390 e. The fourth-order valence-corrected chi connectivity index (χ4v) is 4.05. The maximum Gasteiger partial charge on any atom is 0.350 e. The number of aromatic nitrogens is 2. The Morgan fingerprint density at radius 3 is 2.87 bits per heavy atom. The third-order valence-electron chi connectivity index (χ3n) is 3.71. The van der Waals surface area contributed by atoms with Crippen molar-refractivity contribution < 1.29 is 9.84 Å². The summed E-state index contributed by atoms with van der Waals surface area (Å²) in [6, 6.07) is 11.5. The van der Waals surface area contributed by atoms with Crippen LogP contribution in [-0.4, -0.2) is 32.6 Å². The molecule has 1 fully saturated rings. The Labute approximate surface area is 138 Å². The summed E-state index contributed by atoms with van der Waals surface area (Å²) in [5, 5.41) is 10.0. The highest BCUT2D eigenvalue weighted by Crippen LogP contribution is 2.41. The van der Waals surface area contributed by atoms with Crippen LogP contribution in [0.4, 0.5) is 5.82 Å². The van der Waals surface area contributed by atoms with Crippen LogP contribution in [0.15, 0.2) is 47.4 Å². The fraction of sp³-hybridized carbons (Fsp3) is 0.375. The second-order valence-corrected chi connectivity index (χ2v) is 6.92. The summed E-state index contributed by atoms with van der Waals surface area (Å²) in [4.78, 5) is 15.6. The fourth-order valence-electron chi connectivity index (χ4n) is 2.59. The summed E-state index contributed by atoms with van der Waals surface area (Å²) < 4.78 is 7.16. The molecule has 6 nitrogen and oxygen atoms in total. The van der Waals surface area contributed by atoms with Gasteiger partial charge in [-0.2, -0.15) is 4.98 Å². The van der Waals surface area contributed by atoms with Crippen molar-refractivity contribution in [2.45, 2.75) is 29.8 Å². The van der Waals surface area contributed by atoms with E-state index in [4.69, 9.17) is 10.5 Å². The molecular weight excluding hydrogens is 314 g/mol. The summed E-state index contributed by atoms with van der Waals surface area (Å²) in [6.45, 7) is 1.08. The zero-order valence-electron chi connectivity index (χ0n) is 12.5. The predicted octanol–water partition coefficient (Wildman–Crippen LogP) is 1.41. The topological polar surface area (TPSA) is 90.4 Å². The molecule has 2 heterocycles. The molecule has 3 unspecified atom stereocenters. The Bertz CT molecular complexity index is 707. The summed E-state index contributed by atoms with van der Waals surface area (Å²) in [6.07, 6.45) is 1.56. The Balaban J connectivity index is 1.57. The van der Waals surface area contributed by atoms with Crippen LogP contribution in [0.5, 0.6) is 0 Å². The standard InChI is InChI=1S/C16H19N3O3S/c17-14-6-7-19(16(21)18-14)15-13(20)8-12(23-15)10-22-9-11-4-2-1-3-5-11/h1-7,12-13,15,20H,8-10H2,(H2,17,18,21). The van der Waals surface area contributed by atoms with Crippen molar-refractivity contribution in [2.24, 2.45) is 0 Å². The van der Waals surface area contributed by atoms with Gasteiger partial charge in [0.05, 0.1) is 19.3 Å². The summed E-state index contributed by atoms with van der Waals surface area (Å²) >= 11 is 1.53. The van der Waals surface area contributed by atoms with Crippen LogP contribution in [-0.2, 0) is 11.3 Å². The highest BCUT2D eigenvalue weighted by atomic mass is 32.2. The number of ether oxygens (including phenoxy) is 1. The lowest BCUT2D eigenvalue weighted by Crippen LogP contribution is -2.29. The molecule has 3 atom stereocenters. The molecule has 0 spiro atoms. The van der Waals surface area contributed by atoms with E-state index in [1.54, 1.807) is 12.3 Å². The molecule has 0 bridgehead atoms. The van der Waals surface area contributed by atoms with Gasteiger partial charge in [0.25, 0.3) is 0 Å². The molecule has 1 aliphatic heterocycles. The smallest absolute Gasteiger partial charge is 0.350 e. The van der Waals surface area contributed by atoms with Crippen molar-refractivity contribution >= 4 is 17.6 Å². The van der Waals surface area contributed by atoms with Gasteiger partial charge >= 0.3 is 5.69 Å². The van der Waals surface area contributed by atoms with E-state index in [2.05, 4.69) is 4.98 Å². The van der Waals surface area contributed by atoms with Gasteiger partial charge in [-0.15, -0.1) is 11.8 Å². The molecular formula is C16H19N3O3S. The molecule has 1 aliphatic rings. The summed E-state index contributed by atoms with van der Waals surface area (Å²) in [5.41, 5.74) is 6.17. The third-order valence-corrected chi connectivity index (χ3v) is 5.24. The van der Waals surface area contributed by atoms with E-state index in [1.807, 2.05) is 30.3 Å². The van der Waals surface area contributed by atoms with Crippen molar-refractivity contribution in [3.8, 4) is 0 Å². The number of hydrogen-bond donors (Lipinski definition) is 2. The first kappa shape index (κ1) is 16.0. The van der Waals surface area contributed by atoms with E-state index < -0.39 is 11.8 Å². The first-order valence-electron chi connectivity index (χ1n) is 7.43. The van der Waals surface area contributed by atoms with Crippen molar-refractivity contribution in [1.82, 2.24) is 9.55 Å². The predicted molar refractivity (Wildman–Crippen MR) is 90.0 cm³/mol. The van der Waals surface area contributed by atoms with Crippen molar-refractivity contribution in [1.29, 1.82) is 0 Å². The van der Waals surface area contributed by atoms with Crippen LogP contribution >= 0.6 is 11.8 Å². The van der Waals surface area contributed by atoms with Gasteiger partial charge < -0.3 is 15.6 Å². The van der Waals surface area contributed by atoms with Crippen LogP contribution in [0.1, 0.15) is 17.4 Å². The van der Waals surface area contributed by atoms with Gasteiger partial charge in [0.2, 0.25) is 0 Å². The van der Waals surface area contributed by atoms with E-state index in [9.17, 15) is 9.90 Å². The Morgan fingerprint density at radius 2 is 2.13 bits per heavy atom. The van der Waals surface area contributed by atoms with Gasteiger partial charge in [0.1, 0.15) is 11.2 Å². The molecule has 1 saturated heterocycles. The van der Waals surface area contributed by atoms with Crippen molar-refractivity contribution in [3.05, 3.63) is 58.6 Å². The van der Waals surface area contributed by atoms with E-state index in [-0.39, 0.29) is 16.4 Å². The number of hydrogen-bond acceptors (Lipinski definition) is 6. The Kier molecular flexibility index (Phi) is 5.00. The summed E-state index contributed by atoms with van der Waals surface area (Å²) in [5.74, 6) is 0.187. The summed E-state index contributed by atoms with van der Waals surface area (Å²) in [7, 11) is 0. The maximum absolute atomic E-state index is 11.9. The SMILES string of the molecule is Nc1ccn(C2SC(COCc3ccccc3)CC2O)c(=O)n1. The number of nitrogens with two attached hydrogens (primary N) is 1. The van der Waals surface area contributed by atoms with Crippen molar-refractivity contribution in [3.63, 3.8) is 0 Å². The molecule has 0 aliphatic carbocycles. The average Bonchev–Trinajstić information content (AvgIpc) is 2.89. The van der Waals surface area contributed by atoms with Gasteiger partial charge in [-0.3, -0.25) is 4.57 Å². The second-order valence-electron chi connectivity index (χ2n) is 5.49. The number of anilines is 1. The lowest BCUT2D eigenvalue weighted by atomic mass is 10.2. The number of benzene rings is 1. The zero-order valence-corrected chi connectivity index (χ0v) is 13.4. The Morgan fingerprint density at radius 1 is 1.35 bits per heavy atom. The van der Waals surface area contributed by atoms with E-state index in [1.165, 1.54) is 16.3 Å². The quantitative estimate of drug-likeness (QED) is 0.860. The van der Waals surface area contributed by atoms with Crippen LogP contribution < -0.4 is 11.4 Å². The molecule has 0 saturated carbocycles. The maximum atomic E-state index is 11.9. The number of nitrogen functional groups attached to an aromatic ring is 1. The van der Waals surface area contributed by atoms with E-state index in [0.29, 0.717) is 19.6 Å². The molecule has 3 N–H and O–H groups in total. The molecule has 0 amide bonds.